The van der Waals surface area contributed by atoms with Crippen LogP contribution in [0.2, 0.25) is 0 Å². The number of fused-ring (bicyclic) bond motifs is 4. The maximum atomic E-state index is 11.4. The highest BCUT2D eigenvalue weighted by Gasteiger charge is 2.52. The molecule has 1 saturated heterocycles. The summed E-state index contributed by atoms with van der Waals surface area (Å²) in [5, 5.41) is 30.9. The topological polar surface area (TPSA) is 101 Å². The predicted molar refractivity (Wildman–Crippen MR) is 107 cm³/mol. The van der Waals surface area contributed by atoms with Crippen molar-refractivity contribution < 1.29 is 4.92 Å². The number of anilines is 1. The van der Waals surface area contributed by atoms with Crippen LogP contribution in [0.5, 0.6) is 0 Å². The van der Waals surface area contributed by atoms with Gasteiger partial charge in [0.1, 0.15) is 11.2 Å². The van der Waals surface area contributed by atoms with Gasteiger partial charge < -0.3 is 9.47 Å². The van der Waals surface area contributed by atoms with Gasteiger partial charge in [-0.1, -0.05) is 6.42 Å². The number of nitro groups is 1. The third-order valence-electron chi connectivity index (χ3n) is 6.83. The summed E-state index contributed by atoms with van der Waals surface area (Å²) in [6.07, 6.45) is 7.72. The summed E-state index contributed by atoms with van der Waals surface area (Å²) in [5.41, 5.74) is 1.14. The summed E-state index contributed by atoms with van der Waals surface area (Å²) in [6, 6.07) is 7.74. The summed E-state index contributed by atoms with van der Waals surface area (Å²) >= 11 is 0. The summed E-state index contributed by atoms with van der Waals surface area (Å²) in [4.78, 5) is 13.3. The van der Waals surface area contributed by atoms with E-state index in [0.29, 0.717) is 6.42 Å². The molecule has 0 aliphatic carbocycles. The molecule has 2 atom stereocenters. The smallest absolute Gasteiger partial charge is 0.269 e. The van der Waals surface area contributed by atoms with E-state index in [2.05, 4.69) is 25.7 Å². The van der Waals surface area contributed by atoms with Crippen LogP contribution in [0, 0.1) is 21.4 Å². The second-order valence-electron chi connectivity index (χ2n) is 8.44. The van der Waals surface area contributed by atoms with E-state index in [1.807, 2.05) is 6.07 Å². The number of hydrogen-bond acceptors (Lipinski definition) is 6. The largest absolute Gasteiger partial charge is 0.366 e. The van der Waals surface area contributed by atoms with E-state index in [0.717, 1.165) is 80.9 Å². The molecule has 4 heterocycles. The summed E-state index contributed by atoms with van der Waals surface area (Å²) in [6.45, 7) is 1.70. The number of rotatable bonds is 2. The van der Waals surface area contributed by atoms with Gasteiger partial charge >= 0.3 is 0 Å². The van der Waals surface area contributed by atoms with Crippen LogP contribution in [0.3, 0.4) is 0 Å². The number of nitro benzene ring substituents is 1. The van der Waals surface area contributed by atoms with Gasteiger partial charge in [-0.2, -0.15) is 5.26 Å². The Balaban J connectivity index is 1.68. The molecule has 2 aromatic rings. The van der Waals surface area contributed by atoms with Gasteiger partial charge in [-0.3, -0.25) is 10.1 Å². The molecule has 150 valence electrons. The van der Waals surface area contributed by atoms with Crippen molar-refractivity contribution in [1.29, 1.82) is 5.26 Å². The van der Waals surface area contributed by atoms with Crippen molar-refractivity contribution in [2.45, 2.75) is 69.4 Å². The molecular formula is C21H24N6O2. The third kappa shape index (κ3) is 2.71. The monoisotopic (exact) mass is 392 g/mol. The highest BCUT2D eigenvalue weighted by atomic mass is 16.6. The van der Waals surface area contributed by atoms with Gasteiger partial charge in [-0.25, -0.2) is 0 Å². The van der Waals surface area contributed by atoms with Crippen LogP contribution in [0.1, 0.15) is 55.7 Å². The van der Waals surface area contributed by atoms with Crippen LogP contribution < -0.4 is 4.90 Å². The Hall–Kier alpha value is -2.95. The van der Waals surface area contributed by atoms with Gasteiger partial charge in [0.05, 0.1) is 17.0 Å². The molecule has 3 aliphatic heterocycles. The van der Waals surface area contributed by atoms with E-state index in [9.17, 15) is 15.4 Å². The fourth-order valence-electron chi connectivity index (χ4n) is 5.46. The van der Waals surface area contributed by atoms with Crippen molar-refractivity contribution in [3.8, 4) is 6.07 Å². The summed E-state index contributed by atoms with van der Waals surface area (Å²) in [7, 11) is 0. The molecule has 0 bridgehead atoms. The van der Waals surface area contributed by atoms with Crippen LogP contribution in [-0.4, -0.2) is 32.3 Å². The van der Waals surface area contributed by atoms with Crippen molar-refractivity contribution in [3.63, 3.8) is 0 Å². The number of benzene rings is 1. The minimum atomic E-state index is -0.835. The highest BCUT2D eigenvalue weighted by molar-refractivity contribution is 5.64. The van der Waals surface area contributed by atoms with Crippen LogP contribution in [0.4, 0.5) is 11.4 Å². The van der Waals surface area contributed by atoms with E-state index >= 15 is 0 Å². The lowest BCUT2D eigenvalue weighted by Gasteiger charge is -2.49. The summed E-state index contributed by atoms with van der Waals surface area (Å²) in [5.74, 6) is 1.73. The number of hydrogen-bond donors (Lipinski definition) is 0. The number of aromatic nitrogens is 3. The van der Waals surface area contributed by atoms with Crippen LogP contribution in [-0.2, 0) is 24.8 Å². The first-order valence-corrected chi connectivity index (χ1v) is 10.5. The van der Waals surface area contributed by atoms with Crippen molar-refractivity contribution in [2.75, 3.05) is 11.4 Å². The first kappa shape index (κ1) is 18.1. The highest BCUT2D eigenvalue weighted by Crippen LogP contribution is 2.47. The molecule has 1 fully saturated rings. The molecule has 0 unspecified atom stereocenters. The number of piperidine rings is 1. The fourth-order valence-corrected chi connectivity index (χ4v) is 5.46. The van der Waals surface area contributed by atoms with Crippen LogP contribution in [0.25, 0.3) is 0 Å². The average molecular weight is 392 g/mol. The van der Waals surface area contributed by atoms with Gasteiger partial charge in [0, 0.05) is 43.8 Å². The lowest BCUT2D eigenvalue weighted by atomic mass is 9.68. The second-order valence-corrected chi connectivity index (χ2v) is 8.44. The fraction of sp³-hybridized carbons (Fsp3) is 0.571. The number of nitrogens with zero attached hydrogens (tertiary/aromatic N) is 6. The van der Waals surface area contributed by atoms with Crippen molar-refractivity contribution >= 4 is 11.4 Å². The maximum absolute atomic E-state index is 11.4. The number of non-ortho nitro benzene ring substituents is 1. The van der Waals surface area contributed by atoms with E-state index in [4.69, 9.17) is 0 Å². The lowest BCUT2D eigenvalue weighted by molar-refractivity contribution is -0.384. The maximum Gasteiger partial charge on any atom is 0.269 e. The van der Waals surface area contributed by atoms with Crippen LogP contribution >= 0.6 is 0 Å². The van der Waals surface area contributed by atoms with Crippen molar-refractivity contribution in [1.82, 2.24) is 14.8 Å². The van der Waals surface area contributed by atoms with Gasteiger partial charge in [-0.15, -0.1) is 10.2 Å². The minimum absolute atomic E-state index is 0.0201. The van der Waals surface area contributed by atoms with Gasteiger partial charge in [0.15, 0.2) is 5.82 Å². The quantitative estimate of drug-likeness (QED) is 0.574. The Bertz CT molecular complexity index is 1010. The molecule has 5 rings (SSSR count). The Morgan fingerprint density at radius 2 is 2.03 bits per heavy atom. The predicted octanol–water partition coefficient (Wildman–Crippen LogP) is 3.29. The Morgan fingerprint density at radius 1 is 1.17 bits per heavy atom. The molecule has 3 aliphatic rings. The van der Waals surface area contributed by atoms with Gasteiger partial charge in [0.25, 0.3) is 5.69 Å². The molecular weight excluding hydrogens is 368 g/mol. The van der Waals surface area contributed by atoms with Gasteiger partial charge in [0.2, 0.25) is 0 Å². The lowest BCUT2D eigenvalue weighted by Crippen LogP contribution is -2.57. The van der Waals surface area contributed by atoms with E-state index in [1.165, 1.54) is 0 Å². The van der Waals surface area contributed by atoms with Crippen molar-refractivity contribution in [2.24, 2.45) is 0 Å². The Morgan fingerprint density at radius 3 is 2.86 bits per heavy atom. The molecule has 0 N–H and O–H groups in total. The van der Waals surface area contributed by atoms with E-state index < -0.39 is 5.41 Å². The third-order valence-corrected chi connectivity index (χ3v) is 6.83. The zero-order valence-corrected chi connectivity index (χ0v) is 16.4. The summed E-state index contributed by atoms with van der Waals surface area (Å²) < 4.78 is 2.17. The number of nitriles is 1. The second kappa shape index (κ2) is 6.83. The molecule has 1 aromatic carbocycles. The normalized spacial score (nSPS) is 25.9. The number of aryl methyl sites for hydroxylation is 1. The molecule has 8 heteroatoms. The van der Waals surface area contributed by atoms with Gasteiger partial charge in [-0.05, 0) is 43.7 Å². The molecule has 0 saturated carbocycles. The molecule has 8 nitrogen and oxygen atoms in total. The molecule has 1 aromatic heterocycles. The van der Waals surface area contributed by atoms with Crippen molar-refractivity contribution in [3.05, 3.63) is 45.5 Å². The zero-order chi connectivity index (χ0) is 20.0. The Labute approximate surface area is 169 Å². The SMILES string of the molecule is N#C[C@@]1(c2nnc3n2CCCCC3)Cc2cc([N+](=O)[O-])ccc2N2CCCC[C@H]21. The average Bonchev–Trinajstić information content (AvgIpc) is 3.01. The first-order valence-electron chi connectivity index (χ1n) is 10.5. The minimum Gasteiger partial charge on any atom is -0.366 e. The molecule has 29 heavy (non-hydrogen) atoms. The van der Waals surface area contributed by atoms with Crippen LogP contribution in [0.15, 0.2) is 18.2 Å². The molecule has 0 spiro atoms. The van der Waals surface area contributed by atoms with E-state index in [-0.39, 0.29) is 16.7 Å². The zero-order valence-electron chi connectivity index (χ0n) is 16.4. The first-order chi connectivity index (χ1) is 14.1. The van der Waals surface area contributed by atoms with E-state index in [1.54, 1.807) is 12.1 Å². The Kier molecular flexibility index (Phi) is 4.26. The molecule has 0 amide bonds. The molecule has 0 radical (unpaired) electrons. The standard InChI is InChI=1S/C21H24N6O2/c22-14-21(20-24-23-19-7-2-1-4-11-26(19)20)13-15-12-16(27(28)29)8-9-17(15)25-10-5-3-6-18(21)25/h8-9,12,18H,1-7,10-11,13H2/t18-,21-/m0/s1.